The zero-order valence-corrected chi connectivity index (χ0v) is 10.7. The molecule has 0 spiro atoms. The molecule has 0 radical (unpaired) electrons. The maximum absolute atomic E-state index is 13.3. The summed E-state index contributed by atoms with van der Waals surface area (Å²) in [7, 11) is 0. The van der Waals surface area contributed by atoms with E-state index in [0.717, 1.165) is 18.2 Å². The molecule has 19 heavy (non-hydrogen) atoms. The van der Waals surface area contributed by atoms with Crippen LogP contribution in [0.25, 0.3) is 16.1 Å². The third-order valence-electron chi connectivity index (χ3n) is 2.80. The lowest BCUT2D eigenvalue weighted by Crippen LogP contribution is -2.17. The lowest BCUT2D eigenvalue weighted by molar-refractivity contribution is 0.584. The van der Waals surface area contributed by atoms with Crippen molar-refractivity contribution in [2.24, 2.45) is 0 Å². The van der Waals surface area contributed by atoms with Crippen LogP contribution in [0.3, 0.4) is 0 Å². The average Bonchev–Trinajstić information content (AvgIpc) is 2.75. The lowest BCUT2D eigenvalue weighted by atomic mass is 10.1. The van der Waals surface area contributed by atoms with Gasteiger partial charge in [-0.1, -0.05) is 0 Å². The molecule has 0 fully saturated rings. The van der Waals surface area contributed by atoms with Crippen LogP contribution in [0, 0.1) is 18.6 Å². The molecule has 0 amide bonds. The lowest BCUT2D eigenvalue weighted by Gasteiger charge is -2.06. The van der Waals surface area contributed by atoms with E-state index < -0.39 is 11.6 Å². The highest BCUT2D eigenvalue weighted by molar-refractivity contribution is 7.15. The Hall–Kier alpha value is -2.08. The van der Waals surface area contributed by atoms with Crippen molar-refractivity contribution in [2.45, 2.75) is 6.92 Å². The molecule has 0 aliphatic rings. The highest BCUT2D eigenvalue weighted by Gasteiger charge is 2.14. The number of hydrogen-bond acceptors (Lipinski definition) is 3. The Labute approximate surface area is 110 Å². The quantitative estimate of drug-likeness (QED) is 0.685. The summed E-state index contributed by atoms with van der Waals surface area (Å²) >= 11 is 1.33. The molecule has 2 heterocycles. The van der Waals surface area contributed by atoms with Gasteiger partial charge in [0, 0.05) is 17.6 Å². The van der Waals surface area contributed by atoms with Crippen molar-refractivity contribution in [1.29, 1.82) is 0 Å². The normalized spacial score (nSPS) is 11.1. The van der Waals surface area contributed by atoms with Gasteiger partial charge in [0.15, 0.2) is 4.96 Å². The minimum atomic E-state index is -0.718. The molecule has 0 aliphatic heterocycles. The van der Waals surface area contributed by atoms with E-state index in [1.165, 1.54) is 15.7 Å². The molecule has 96 valence electrons. The third-order valence-corrected chi connectivity index (χ3v) is 3.56. The first-order valence-electron chi connectivity index (χ1n) is 5.49. The van der Waals surface area contributed by atoms with Crippen LogP contribution in [0.5, 0.6) is 0 Å². The van der Waals surface area contributed by atoms with Crippen LogP contribution in [0.2, 0.25) is 0 Å². The Kier molecular flexibility index (Phi) is 2.67. The summed E-state index contributed by atoms with van der Waals surface area (Å²) < 4.78 is 27.9. The van der Waals surface area contributed by atoms with Gasteiger partial charge >= 0.3 is 0 Å². The van der Waals surface area contributed by atoms with Crippen LogP contribution in [0.4, 0.5) is 8.78 Å². The zero-order valence-electron chi connectivity index (χ0n) is 9.85. The molecular formula is C13H8F2N2OS. The van der Waals surface area contributed by atoms with Gasteiger partial charge in [-0.15, -0.1) is 11.3 Å². The van der Waals surface area contributed by atoms with Crippen molar-refractivity contribution in [3.05, 3.63) is 57.5 Å². The van der Waals surface area contributed by atoms with Gasteiger partial charge < -0.3 is 0 Å². The fourth-order valence-corrected chi connectivity index (χ4v) is 2.76. The Balaban J connectivity index is 2.38. The van der Waals surface area contributed by atoms with Crippen molar-refractivity contribution in [3.63, 3.8) is 0 Å². The van der Waals surface area contributed by atoms with Crippen LogP contribution in [0.1, 0.15) is 5.69 Å². The molecule has 0 bridgehead atoms. The van der Waals surface area contributed by atoms with Crippen molar-refractivity contribution in [3.8, 4) is 11.1 Å². The molecule has 3 nitrogen and oxygen atoms in total. The van der Waals surface area contributed by atoms with E-state index >= 15 is 0 Å². The molecule has 1 aromatic carbocycles. The van der Waals surface area contributed by atoms with Crippen molar-refractivity contribution in [2.75, 3.05) is 0 Å². The minimum absolute atomic E-state index is 0.202. The monoisotopic (exact) mass is 278 g/mol. The topological polar surface area (TPSA) is 34.4 Å². The highest BCUT2D eigenvalue weighted by atomic mass is 32.1. The van der Waals surface area contributed by atoms with Gasteiger partial charge in [0.05, 0.1) is 11.3 Å². The number of hydrogen-bond donors (Lipinski definition) is 0. The average molecular weight is 278 g/mol. The van der Waals surface area contributed by atoms with Crippen molar-refractivity contribution >= 4 is 16.3 Å². The minimum Gasteiger partial charge on any atom is -0.268 e. The van der Waals surface area contributed by atoms with E-state index in [9.17, 15) is 13.6 Å². The van der Waals surface area contributed by atoms with Crippen LogP contribution >= 0.6 is 11.3 Å². The number of rotatable bonds is 1. The van der Waals surface area contributed by atoms with Gasteiger partial charge in [0.2, 0.25) is 0 Å². The van der Waals surface area contributed by atoms with Crippen LogP contribution in [-0.2, 0) is 0 Å². The molecule has 0 saturated heterocycles. The largest absolute Gasteiger partial charge is 0.268 e. The van der Waals surface area contributed by atoms with Gasteiger partial charge in [0.1, 0.15) is 11.6 Å². The first-order chi connectivity index (χ1) is 9.06. The summed E-state index contributed by atoms with van der Waals surface area (Å²) in [5.74, 6) is -1.44. The summed E-state index contributed by atoms with van der Waals surface area (Å²) in [4.78, 5) is 17.1. The molecule has 0 aliphatic carbocycles. The van der Waals surface area contributed by atoms with Crippen LogP contribution < -0.4 is 5.56 Å². The maximum Gasteiger partial charge on any atom is 0.266 e. The van der Waals surface area contributed by atoms with E-state index in [0.29, 0.717) is 10.7 Å². The summed E-state index contributed by atoms with van der Waals surface area (Å²) in [5, 5.41) is 1.74. The molecule has 0 N–H and O–H groups in total. The van der Waals surface area contributed by atoms with Gasteiger partial charge in [-0.05, 0) is 24.6 Å². The number of aromatic nitrogens is 2. The molecule has 6 heteroatoms. The first-order valence-corrected chi connectivity index (χ1v) is 6.37. The fourth-order valence-electron chi connectivity index (χ4n) is 2.01. The number of thiazole rings is 1. The number of nitrogens with zero attached hydrogens (tertiary/aromatic N) is 2. The molecule has 3 aromatic rings. The third kappa shape index (κ3) is 1.94. The number of benzene rings is 1. The Morgan fingerprint density at radius 1 is 1.21 bits per heavy atom. The zero-order chi connectivity index (χ0) is 13.6. The summed E-state index contributed by atoms with van der Waals surface area (Å²) in [6.07, 6.45) is 1.59. The molecule has 0 atom stereocenters. The first kappa shape index (κ1) is 12.0. The van der Waals surface area contributed by atoms with E-state index in [4.69, 9.17) is 0 Å². The fraction of sp³-hybridized carbons (Fsp3) is 0.0769. The summed E-state index contributed by atoms with van der Waals surface area (Å²) in [5.41, 5.74) is 0.550. The second-order valence-corrected chi connectivity index (χ2v) is 4.96. The Bertz CT molecular complexity index is 818. The van der Waals surface area contributed by atoms with E-state index in [1.807, 2.05) is 0 Å². The molecule has 2 aromatic heterocycles. The molecule has 0 saturated carbocycles. The summed E-state index contributed by atoms with van der Waals surface area (Å²) in [6, 6.07) is 3.04. The summed E-state index contributed by atoms with van der Waals surface area (Å²) in [6.45, 7) is 1.65. The van der Waals surface area contributed by atoms with Gasteiger partial charge in [-0.3, -0.25) is 9.20 Å². The molecular weight excluding hydrogens is 270 g/mol. The van der Waals surface area contributed by atoms with Crippen LogP contribution in [0.15, 0.2) is 34.6 Å². The van der Waals surface area contributed by atoms with Gasteiger partial charge in [-0.25, -0.2) is 13.8 Å². The van der Waals surface area contributed by atoms with E-state index in [-0.39, 0.29) is 16.7 Å². The van der Waals surface area contributed by atoms with Crippen molar-refractivity contribution < 1.29 is 8.78 Å². The van der Waals surface area contributed by atoms with E-state index in [1.54, 1.807) is 18.5 Å². The number of fused-ring (bicyclic) bond motifs is 1. The Morgan fingerprint density at radius 2 is 1.89 bits per heavy atom. The molecule has 0 unspecified atom stereocenters. The smallest absolute Gasteiger partial charge is 0.266 e. The standard InChI is InChI=1S/C13H8F2N2OS/c1-7-11(8-4-9(14)6-10(15)5-8)12(18)17-2-3-19-13(17)16-7/h2-6H,1H3. The molecule has 3 rings (SSSR count). The van der Waals surface area contributed by atoms with Gasteiger partial charge in [0.25, 0.3) is 5.56 Å². The van der Waals surface area contributed by atoms with E-state index in [2.05, 4.69) is 4.98 Å². The second kappa shape index (κ2) is 4.24. The second-order valence-electron chi connectivity index (χ2n) is 4.09. The van der Waals surface area contributed by atoms with Crippen LogP contribution in [-0.4, -0.2) is 9.38 Å². The SMILES string of the molecule is Cc1nc2sccn2c(=O)c1-c1cc(F)cc(F)c1. The number of halogens is 2. The van der Waals surface area contributed by atoms with Gasteiger partial charge in [-0.2, -0.15) is 0 Å². The Morgan fingerprint density at radius 3 is 2.58 bits per heavy atom. The number of aryl methyl sites for hydroxylation is 1. The maximum atomic E-state index is 13.3. The predicted octanol–water partition coefficient (Wildman–Crippen LogP) is 3.01. The predicted molar refractivity (Wildman–Crippen MR) is 69.4 cm³/mol. The highest BCUT2D eigenvalue weighted by Crippen LogP contribution is 2.22. The van der Waals surface area contributed by atoms with Crippen molar-refractivity contribution in [1.82, 2.24) is 9.38 Å².